The number of aromatic nitrogens is 5. The van der Waals surface area contributed by atoms with Crippen molar-refractivity contribution in [1.29, 1.82) is 0 Å². The van der Waals surface area contributed by atoms with Gasteiger partial charge in [-0.25, -0.2) is 4.98 Å². The molecule has 1 N–H and O–H groups in total. The normalized spacial score (nSPS) is 10.0. The molecule has 0 saturated carbocycles. The first-order valence-electron chi connectivity index (χ1n) is 4.61. The molecule has 0 aromatic carbocycles. The van der Waals surface area contributed by atoms with Gasteiger partial charge in [0.15, 0.2) is 11.4 Å². The van der Waals surface area contributed by atoms with Crippen LogP contribution in [0.1, 0.15) is 16.2 Å². The number of nitrogens with one attached hydrogen (secondary N) is 1. The minimum atomic E-state index is -0.425. The second-order valence-corrected chi connectivity index (χ2v) is 2.95. The van der Waals surface area contributed by atoms with Gasteiger partial charge in [-0.05, 0) is 0 Å². The lowest BCUT2D eigenvalue weighted by Crippen LogP contribution is -2.09. The van der Waals surface area contributed by atoms with Crippen LogP contribution in [0.25, 0.3) is 0 Å². The first kappa shape index (κ1) is 11.0. The molecule has 8 nitrogen and oxygen atoms in total. The Bertz CT molecular complexity index is 525. The van der Waals surface area contributed by atoms with Crippen LogP contribution in [0, 0.1) is 0 Å². The van der Waals surface area contributed by atoms with Crippen molar-refractivity contribution in [3.63, 3.8) is 0 Å². The van der Waals surface area contributed by atoms with Crippen molar-refractivity contribution in [2.45, 2.75) is 0 Å². The molecule has 2 aromatic rings. The lowest BCUT2D eigenvalue weighted by molar-refractivity contribution is 0.102. The number of H-pyrrole nitrogens is 1. The molecule has 0 amide bonds. The smallest absolute Gasteiger partial charge is 0.247 e. The second kappa shape index (κ2) is 4.56. The maximum atomic E-state index is 11.9. The molecule has 0 spiro atoms. The summed E-state index contributed by atoms with van der Waals surface area (Å²) < 4.78 is 9.86. The van der Waals surface area contributed by atoms with Gasteiger partial charge in [-0.3, -0.25) is 4.79 Å². The maximum Gasteiger partial charge on any atom is 0.247 e. The molecular weight excluding hydrogens is 226 g/mol. The molecule has 17 heavy (non-hydrogen) atoms. The summed E-state index contributed by atoms with van der Waals surface area (Å²) in [6.07, 6.45) is 2.63. The minimum Gasteiger partial charge on any atom is -0.480 e. The summed E-state index contributed by atoms with van der Waals surface area (Å²) in [5.74, 6) is -0.0818. The van der Waals surface area contributed by atoms with Crippen molar-refractivity contribution < 1.29 is 14.3 Å². The van der Waals surface area contributed by atoms with E-state index < -0.39 is 5.78 Å². The van der Waals surface area contributed by atoms with Crippen molar-refractivity contribution in [3.05, 3.63) is 23.8 Å². The Labute approximate surface area is 96.0 Å². The molecule has 8 heteroatoms. The van der Waals surface area contributed by atoms with E-state index in [1.807, 2.05) is 0 Å². The summed E-state index contributed by atoms with van der Waals surface area (Å²) in [5.41, 5.74) is 0.199. The predicted octanol–water partition coefficient (Wildman–Crippen LogP) is -0.157. The number of hydrogen-bond donors (Lipinski definition) is 1. The van der Waals surface area contributed by atoms with Crippen molar-refractivity contribution in [1.82, 2.24) is 25.4 Å². The molecule has 2 aromatic heterocycles. The highest BCUT2D eigenvalue weighted by Gasteiger charge is 2.20. The molecule has 0 aliphatic carbocycles. The standard InChI is InChI=1S/C9H9N5O3/c1-16-6-4-10-7(9(12-6)17-2)8(15)5-3-11-14-13-5/h3-4H,1-2H3,(H,11,13,14). The molecule has 2 rings (SSSR count). The Kier molecular flexibility index (Phi) is 2.95. The number of ether oxygens (including phenoxy) is 2. The molecule has 0 atom stereocenters. The zero-order chi connectivity index (χ0) is 12.3. The van der Waals surface area contributed by atoms with Gasteiger partial charge in [0.05, 0.1) is 26.6 Å². The second-order valence-electron chi connectivity index (χ2n) is 2.95. The highest BCUT2D eigenvalue weighted by atomic mass is 16.5. The van der Waals surface area contributed by atoms with Crippen LogP contribution in [0.15, 0.2) is 12.4 Å². The number of nitrogens with zero attached hydrogens (tertiary/aromatic N) is 4. The molecule has 2 heterocycles. The van der Waals surface area contributed by atoms with E-state index in [9.17, 15) is 4.79 Å². The van der Waals surface area contributed by atoms with Crippen LogP contribution in [0.4, 0.5) is 0 Å². The van der Waals surface area contributed by atoms with Crippen LogP contribution in [-0.2, 0) is 0 Å². The van der Waals surface area contributed by atoms with Crippen LogP contribution in [-0.4, -0.2) is 45.4 Å². The van der Waals surface area contributed by atoms with Crippen molar-refractivity contribution in [2.75, 3.05) is 14.2 Å². The molecule has 0 aliphatic rings. The summed E-state index contributed by atoms with van der Waals surface area (Å²) in [7, 11) is 2.84. The topological polar surface area (TPSA) is 103 Å². The van der Waals surface area contributed by atoms with Gasteiger partial charge in [-0.15, -0.1) is 0 Å². The van der Waals surface area contributed by atoms with Crippen molar-refractivity contribution in [2.24, 2.45) is 0 Å². The van der Waals surface area contributed by atoms with Gasteiger partial charge in [-0.2, -0.15) is 20.4 Å². The number of carbonyl (C=O) groups excluding carboxylic acids is 1. The quantitative estimate of drug-likeness (QED) is 0.734. The van der Waals surface area contributed by atoms with E-state index in [1.165, 1.54) is 26.6 Å². The third kappa shape index (κ3) is 2.05. The highest BCUT2D eigenvalue weighted by Crippen LogP contribution is 2.18. The first-order chi connectivity index (χ1) is 8.26. The number of aromatic amines is 1. The minimum absolute atomic E-state index is 0.0576. The van der Waals surface area contributed by atoms with E-state index >= 15 is 0 Å². The first-order valence-corrected chi connectivity index (χ1v) is 4.61. The molecule has 88 valence electrons. The van der Waals surface area contributed by atoms with Crippen LogP contribution < -0.4 is 9.47 Å². The number of carbonyl (C=O) groups is 1. The lowest BCUT2D eigenvalue weighted by atomic mass is 10.2. The number of ketones is 1. The van der Waals surface area contributed by atoms with Crippen LogP contribution in [0.2, 0.25) is 0 Å². The van der Waals surface area contributed by atoms with Gasteiger partial charge >= 0.3 is 0 Å². The number of hydrogen-bond acceptors (Lipinski definition) is 7. The summed E-state index contributed by atoms with van der Waals surface area (Å²) >= 11 is 0. The molecule has 0 unspecified atom stereocenters. The lowest BCUT2D eigenvalue weighted by Gasteiger charge is -2.05. The summed E-state index contributed by atoms with van der Waals surface area (Å²) in [6, 6.07) is 0. The predicted molar refractivity (Wildman–Crippen MR) is 55.0 cm³/mol. The summed E-state index contributed by atoms with van der Waals surface area (Å²) in [6.45, 7) is 0. The molecule has 0 bridgehead atoms. The molecule has 0 fully saturated rings. The summed E-state index contributed by atoms with van der Waals surface area (Å²) in [4.78, 5) is 19.8. The molecule has 0 saturated heterocycles. The van der Waals surface area contributed by atoms with Gasteiger partial charge in [0.25, 0.3) is 0 Å². The third-order valence-electron chi connectivity index (χ3n) is 1.98. The van der Waals surface area contributed by atoms with Gasteiger partial charge in [0.1, 0.15) is 0 Å². The van der Waals surface area contributed by atoms with E-state index in [0.717, 1.165) is 0 Å². The zero-order valence-corrected chi connectivity index (χ0v) is 9.17. The SMILES string of the molecule is COc1cnc(C(=O)c2cn[nH]n2)c(OC)n1. The monoisotopic (exact) mass is 235 g/mol. The fraction of sp³-hybridized carbons (Fsp3) is 0.222. The Morgan fingerprint density at radius 1 is 1.29 bits per heavy atom. The third-order valence-corrected chi connectivity index (χ3v) is 1.98. The van der Waals surface area contributed by atoms with Gasteiger partial charge in [0, 0.05) is 0 Å². The van der Waals surface area contributed by atoms with Gasteiger partial charge in [-0.1, -0.05) is 0 Å². The van der Waals surface area contributed by atoms with Crippen molar-refractivity contribution >= 4 is 5.78 Å². The summed E-state index contributed by atoms with van der Waals surface area (Å²) in [5, 5.41) is 9.56. The fourth-order valence-electron chi connectivity index (χ4n) is 1.19. The van der Waals surface area contributed by atoms with Crippen LogP contribution in [0.5, 0.6) is 11.8 Å². The van der Waals surface area contributed by atoms with E-state index in [4.69, 9.17) is 9.47 Å². The maximum absolute atomic E-state index is 11.9. The molecular formula is C9H9N5O3. The van der Waals surface area contributed by atoms with Gasteiger partial charge < -0.3 is 9.47 Å². The molecule has 0 aliphatic heterocycles. The van der Waals surface area contributed by atoms with Crippen LogP contribution in [0.3, 0.4) is 0 Å². The average molecular weight is 235 g/mol. The van der Waals surface area contributed by atoms with Gasteiger partial charge in [0.2, 0.25) is 17.5 Å². The Hall–Kier alpha value is -2.51. The molecule has 0 radical (unpaired) electrons. The highest BCUT2D eigenvalue weighted by molar-refractivity contribution is 6.07. The van der Waals surface area contributed by atoms with E-state index in [0.29, 0.717) is 0 Å². The fourth-order valence-corrected chi connectivity index (χ4v) is 1.19. The van der Waals surface area contributed by atoms with Crippen molar-refractivity contribution in [3.8, 4) is 11.8 Å². The Morgan fingerprint density at radius 2 is 2.12 bits per heavy atom. The largest absolute Gasteiger partial charge is 0.480 e. The number of methoxy groups -OCH3 is 2. The Morgan fingerprint density at radius 3 is 2.71 bits per heavy atom. The van der Waals surface area contributed by atoms with E-state index in [2.05, 4.69) is 25.4 Å². The van der Waals surface area contributed by atoms with E-state index in [1.54, 1.807) is 0 Å². The Balaban J connectivity index is 2.41. The zero-order valence-electron chi connectivity index (χ0n) is 9.17. The van der Waals surface area contributed by atoms with Crippen LogP contribution >= 0.6 is 0 Å². The average Bonchev–Trinajstić information content (AvgIpc) is 2.91. The van der Waals surface area contributed by atoms with E-state index in [-0.39, 0.29) is 23.1 Å². The number of rotatable bonds is 4.